The summed E-state index contributed by atoms with van der Waals surface area (Å²) < 4.78 is 1.32. The molecule has 2 aliphatic heterocycles. The molecule has 136 valence electrons. The Bertz CT molecular complexity index is 277. The molecule has 0 aliphatic carbocycles. The van der Waals surface area contributed by atoms with E-state index in [1.807, 2.05) is 0 Å². The van der Waals surface area contributed by atoms with Crippen LogP contribution < -0.4 is 16.0 Å². The van der Waals surface area contributed by atoms with Crippen LogP contribution >= 0.6 is 0 Å². The van der Waals surface area contributed by atoms with Gasteiger partial charge in [-0.05, 0) is 39.0 Å². The first-order valence-corrected chi connectivity index (χ1v) is 9.97. The Balaban J connectivity index is 1.65. The lowest BCUT2D eigenvalue weighted by molar-refractivity contribution is -0.897. The summed E-state index contributed by atoms with van der Waals surface area (Å²) in [4.78, 5) is 2.68. The lowest BCUT2D eigenvalue weighted by Gasteiger charge is -2.30. The summed E-state index contributed by atoms with van der Waals surface area (Å²) in [6.45, 7) is 14.7. The number of nitrogens with one attached hydrogen (secondary N) is 3. The molecule has 0 aromatic carbocycles. The highest BCUT2D eigenvalue weighted by molar-refractivity contribution is 4.64. The highest BCUT2D eigenvalue weighted by atomic mass is 15.3. The van der Waals surface area contributed by atoms with Crippen molar-refractivity contribution < 1.29 is 4.48 Å². The first-order valence-electron chi connectivity index (χ1n) is 9.97. The second kappa shape index (κ2) is 11.4. The molecule has 0 amide bonds. The van der Waals surface area contributed by atoms with Gasteiger partial charge in [0.15, 0.2) is 0 Å². The van der Waals surface area contributed by atoms with Crippen molar-refractivity contribution in [2.45, 2.75) is 32.1 Å². The molecule has 0 saturated carbocycles. The van der Waals surface area contributed by atoms with E-state index in [0.717, 1.165) is 39.3 Å². The molecular weight excluding hydrogens is 286 g/mol. The molecule has 2 fully saturated rings. The molecule has 23 heavy (non-hydrogen) atoms. The molecule has 0 radical (unpaired) electrons. The highest BCUT2D eigenvalue weighted by Crippen LogP contribution is 2.16. The van der Waals surface area contributed by atoms with Crippen molar-refractivity contribution in [1.29, 1.82) is 0 Å². The Hall–Kier alpha value is -0.200. The maximum absolute atomic E-state index is 3.61. The van der Waals surface area contributed by atoms with E-state index in [2.05, 4.69) is 27.9 Å². The number of nitrogens with zero attached hydrogens (tertiary/aromatic N) is 2. The molecule has 0 atom stereocenters. The van der Waals surface area contributed by atoms with E-state index in [0.29, 0.717) is 0 Å². The standard InChI is InChI=1S/C18H40N5/c1-23(16-2-3-17-23)18-6-14-22-13-5-9-20-11-10-19-7-4-8-21-12-15-22/h19-21H,2-18H2,1H3/q+1. The molecular formula is C18H40N5+. The number of hydrogen-bond donors (Lipinski definition) is 3. The van der Waals surface area contributed by atoms with Crippen molar-refractivity contribution in [3.05, 3.63) is 0 Å². The van der Waals surface area contributed by atoms with Crippen LogP contribution in [-0.4, -0.2) is 95.0 Å². The van der Waals surface area contributed by atoms with Crippen molar-refractivity contribution >= 4 is 0 Å². The van der Waals surface area contributed by atoms with E-state index in [-0.39, 0.29) is 0 Å². The minimum absolute atomic E-state index is 1.10. The third-order valence-electron chi connectivity index (χ3n) is 5.44. The van der Waals surface area contributed by atoms with Crippen LogP contribution in [0.1, 0.15) is 32.1 Å². The lowest BCUT2D eigenvalue weighted by atomic mass is 10.3. The summed E-state index contributed by atoms with van der Waals surface area (Å²) in [5.74, 6) is 0. The van der Waals surface area contributed by atoms with Gasteiger partial charge in [-0.2, -0.15) is 0 Å². The maximum Gasteiger partial charge on any atom is 0.0796 e. The zero-order chi connectivity index (χ0) is 16.2. The lowest BCUT2D eigenvalue weighted by Crippen LogP contribution is -2.43. The zero-order valence-electron chi connectivity index (χ0n) is 15.4. The molecule has 5 nitrogen and oxygen atoms in total. The average Bonchev–Trinajstić information content (AvgIpc) is 2.97. The smallest absolute Gasteiger partial charge is 0.0796 e. The molecule has 2 saturated heterocycles. The van der Waals surface area contributed by atoms with Gasteiger partial charge in [0.05, 0.1) is 26.7 Å². The molecule has 5 heteroatoms. The second-order valence-corrected chi connectivity index (χ2v) is 7.65. The van der Waals surface area contributed by atoms with Gasteiger partial charge in [-0.25, -0.2) is 0 Å². The molecule has 0 bridgehead atoms. The predicted octanol–water partition coefficient (Wildman–Crippen LogP) is 0.482. The van der Waals surface area contributed by atoms with Gasteiger partial charge in [0, 0.05) is 52.0 Å². The number of quaternary nitrogens is 1. The first kappa shape index (κ1) is 19.1. The quantitative estimate of drug-likeness (QED) is 0.657. The predicted molar refractivity (Wildman–Crippen MR) is 98.9 cm³/mol. The van der Waals surface area contributed by atoms with E-state index >= 15 is 0 Å². The summed E-state index contributed by atoms with van der Waals surface area (Å²) in [6.07, 6.45) is 6.73. The van der Waals surface area contributed by atoms with Gasteiger partial charge in [-0.1, -0.05) is 0 Å². The molecule has 2 aliphatic rings. The third-order valence-corrected chi connectivity index (χ3v) is 5.44. The average molecular weight is 327 g/mol. The molecule has 0 unspecified atom stereocenters. The molecule has 2 rings (SSSR count). The van der Waals surface area contributed by atoms with E-state index in [4.69, 9.17) is 0 Å². The van der Waals surface area contributed by atoms with Gasteiger partial charge in [-0.15, -0.1) is 0 Å². The molecule has 0 aromatic heterocycles. The van der Waals surface area contributed by atoms with Crippen LogP contribution in [0.5, 0.6) is 0 Å². The van der Waals surface area contributed by atoms with Crippen LogP contribution in [0.4, 0.5) is 0 Å². The van der Waals surface area contributed by atoms with E-state index in [1.165, 1.54) is 75.9 Å². The fourth-order valence-corrected chi connectivity index (χ4v) is 3.89. The van der Waals surface area contributed by atoms with Gasteiger partial charge in [-0.3, -0.25) is 0 Å². The SMILES string of the molecule is C[N+]1(CCCN2CCCNCCNCCCNCC2)CCCC1. The fraction of sp³-hybridized carbons (Fsp3) is 1.00. The minimum Gasteiger partial charge on any atom is -0.326 e. The van der Waals surface area contributed by atoms with Crippen LogP contribution in [0.2, 0.25) is 0 Å². The van der Waals surface area contributed by atoms with Crippen molar-refractivity contribution in [3.8, 4) is 0 Å². The van der Waals surface area contributed by atoms with Crippen LogP contribution in [0, 0.1) is 0 Å². The third kappa shape index (κ3) is 8.45. The van der Waals surface area contributed by atoms with Crippen molar-refractivity contribution in [1.82, 2.24) is 20.9 Å². The Kier molecular flexibility index (Phi) is 9.46. The van der Waals surface area contributed by atoms with Gasteiger partial charge in [0.1, 0.15) is 0 Å². The van der Waals surface area contributed by atoms with E-state index in [9.17, 15) is 0 Å². The van der Waals surface area contributed by atoms with Crippen LogP contribution in [0.25, 0.3) is 0 Å². The summed E-state index contributed by atoms with van der Waals surface area (Å²) >= 11 is 0. The van der Waals surface area contributed by atoms with Gasteiger partial charge >= 0.3 is 0 Å². The fourth-order valence-electron chi connectivity index (χ4n) is 3.89. The Morgan fingerprint density at radius 3 is 2.13 bits per heavy atom. The summed E-state index contributed by atoms with van der Waals surface area (Å²) in [6, 6.07) is 0. The normalized spacial score (nSPS) is 26.0. The largest absolute Gasteiger partial charge is 0.326 e. The minimum atomic E-state index is 1.10. The summed E-state index contributed by atoms with van der Waals surface area (Å²) in [5, 5.41) is 10.7. The monoisotopic (exact) mass is 326 g/mol. The molecule has 0 spiro atoms. The van der Waals surface area contributed by atoms with E-state index < -0.39 is 0 Å². The number of likely N-dealkylation sites (tertiary alicyclic amines) is 1. The van der Waals surface area contributed by atoms with E-state index in [1.54, 1.807) is 0 Å². The van der Waals surface area contributed by atoms with Crippen LogP contribution in [0.15, 0.2) is 0 Å². The molecule has 3 N–H and O–H groups in total. The highest BCUT2D eigenvalue weighted by Gasteiger charge is 2.26. The topological polar surface area (TPSA) is 39.3 Å². The van der Waals surface area contributed by atoms with Crippen LogP contribution in [0.3, 0.4) is 0 Å². The Morgan fingerprint density at radius 1 is 0.739 bits per heavy atom. The summed E-state index contributed by atoms with van der Waals surface area (Å²) in [7, 11) is 2.45. The van der Waals surface area contributed by atoms with Crippen molar-refractivity contribution in [3.63, 3.8) is 0 Å². The maximum atomic E-state index is 3.61. The number of rotatable bonds is 4. The van der Waals surface area contributed by atoms with Crippen LogP contribution in [-0.2, 0) is 0 Å². The molecule has 0 aromatic rings. The Morgan fingerprint density at radius 2 is 1.39 bits per heavy atom. The van der Waals surface area contributed by atoms with Gasteiger partial charge in [0.25, 0.3) is 0 Å². The Labute approximate surface area is 143 Å². The summed E-state index contributed by atoms with van der Waals surface area (Å²) in [5.41, 5.74) is 0. The van der Waals surface area contributed by atoms with Gasteiger partial charge in [0.2, 0.25) is 0 Å². The van der Waals surface area contributed by atoms with Gasteiger partial charge < -0.3 is 25.3 Å². The first-order chi connectivity index (χ1) is 11.3. The van der Waals surface area contributed by atoms with Crippen molar-refractivity contribution in [2.75, 3.05) is 85.6 Å². The number of hydrogen-bond acceptors (Lipinski definition) is 4. The van der Waals surface area contributed by atoms with Crippen molar-refractivity contribution in [2.24, 2.45) is 0 Å². The zero-order valence-corrected chi connectivity index (χ0v) is 15.4. The second-order valence-electron chi connectivity index (χ2n) is 7.65. The molecule has 2 heterocycles.